The first-order valence-corrected chi connectivity index (χ1v) is 6.35. The molecule has 0 saturated heterocycles. The number of nitrogens with two attached hydrogens (primary N) is 1. The number of hydrogen-bond donors (Lipinski definition) is 1. The van der Waals surface area contributed by atoms with Crippen LogP contribution in [0.5, 0.6) is 0 Å². The van der Waals surface area contributed by atoms with E-state index in [9.17, 15) is 0 Å². The number of thiophene rings is 1. The average Bonchev–Trinajstić information content (AvgIpc) is 2.60. The van der Waals surface area contributed by atoms with Crippen LogP contribution in [-0.4, -0.2) is 6.54 Å². The Bertz CT molecular complexity index is 443. The third-order valence-corrected chi connectivity index (χ3v) is 5.01. The van der Waals surface area contributed by atoms with Gasteiger partial charge in [-0.3, -0.25) is 0 Å². The monoisotopic (exact) mass is 217 g/mol. The lowest BCUT2D eigenvalue weighted by atomic mass is 9.68. The van der Waals surface area contributed by atoms with Crippen molar-refractivity contribution in [3.63, 3.8) is 0 Å². The standard InChI is InChI=1S/C13H15NS/c14-9-13(6-3-7-13)12-8-10-4-1-2-5-11(10)15-12/h1-2,4-5,8H,3,6-7,9,14H2. The van der Waals surface area contributed by atoms with Crippen molar-refractivity contribution in [2.24, 2.45) is 5.73 Å². The molecule has 0 radical (unpaired) electrons. The first-order valence-electron chi connectivity index (χ1n) is 5.53. The predicted octanol–water partition coefficient (Wildman–Crippen LogP) is 3.28. The summed E-state index contributed by atoms with van der Waals surface area (Å²) in [5.74, 6) is 0. The molecule has 0 bridgehead atoms. The normalized spacial score (nSPS) is 19.0. The molecule has 1 saturated carbocycles. The van der Waals surface area contributed by atoms with Gasteiger partial charge >= 0.3 is 0 Å². The minimum absolute atomic E-state index is 0.323. The summed E-state index contributed by atoms with van der Waals surface area (Å²) < 4.78 is 1.40. The lowest BCUT2D eigenvalue weighted by Crippen LogP contribution is -2.40. The zero-order chi connectivity index (χ0) is 10.3. The summed E-state index contributed by atoms with van der Waals surface area (Å²) in [5.41, 5.74) is 6.25. The van der Waals surface area contributed by atoms with E-state index in [1.165, 1.54) is 34.2 Å². The third-order valence-electron chi connectivity index (χ3n) is 3.65. The van der Waals surface area contributed by atoms with Crippen LogP contribution in [0.15, 0.2) is 30.3 Å². The van der Waals surface area contributed by atoms with Gasteiger partial charge in [0.25, 0.3) is 0 Å². The highest BCUT2D eigenvalue weighted by atomic mass is 32.1. The molecule has 1 aromatic heterocycles. The average molecular weight is 217 g/mol. The zero-order valence-electron chi connectivity index (χ0n) is 8.70. The third kappa shape index (κ3) is 1.32. The quantitative estimate of drug-likeness (QED) is 0.820. The smallest absolute Gasteiger partial charge is 0.0345 e. The second-order valence-corrected chi connectivity index (χ2v) is 5.57. The van der Waals surface area contributed by atoms with Crippen LogP contribution in [0.1, 0.15) is 24.1 Å². The second kappa shape index (κ2) is 3.32. The van der Waals surface area contributed by atoms with Crippen LogP contribution in [0.4, 0.5) is 0 Å². The second-order valence-electron chi connectivity index (χ2n) is 4.49. The van der Waals surface area contributed by atoms with Gasteiger partial charge in [0.05, 0.1) is 0 Å². The molecular formula is C13H15NS. The molecule has 1 aliphatic carbocycles. The van der Waals surface area contributed by atoms with E-state index in [0.29, 0.717) is 5.41 Å². The van der Waals surface area contributed by atoms with Crippen molar-refractivity contribution < 1.29 is 0 Å². The maximum absolute atomic E-state index is 5.93. The molecule has 1 nitrogen and oxygen atoms in total. The van der Waals surface area contributed by atoms with Crippen molar-refractivity contribution in [3.8, 4) is 0 Å². The summed E-state index contributed by atoms with van der Waals surface area (Å²) >= 11 is 1.92. The molecule has 0 amide bonds. The molecule has 2 aromatic rings. The molecule has 15 heavy (non-hydrogen) atoms. The molecule has 78 valence electrons. The minimum Gasteiger partial charge on any atom is -0.330 e. The number of hydrogen-bond acceptors (Lipinski definition) is 2. The van der Waals surface area contributed by atoms with E-state index in [1.54, 1.807) is 0 Å². The molecule has 1 aromatic carbocycles. The fourth-order valence-electron chi connectivity index (χ4n) is 2.40. The van der Waals surface area contributed by atoms with Gasteiger partial charge in [-0.15, -0.1) is 11.3 Å². The maximum atomic E-state index is 5.93. The van der Waals surface area contributed by atoms with Gasteiger partial charge in [-0.05, 0) is 30.4 Å². The molecule has 1 fully saturated rings. The van der Waals surface area contributed by atoms with Crippen LogP contribution in [0.25, 0.3) is 10.1 Å². The summed E-state index contributed by atoms with van der Waals surface area (Å²) in [6, 6.07) is 10.9. The molecule has 3 rings (SSSR count). The van der Waals surface area contributed by atoms with E-state index >= 15 is 0 Å². The lowest BCUT2D eigenvalue weighted by Gasteiger charge is -2.40. The lowest BCUT2D eigenvalue weighted by molar-refractivity contribution is 0.258. The Hall–Kier alpha value is -0.860. The Kier molecular flexibility index (Phi) is 2.08. The highest BCUT2D eigenvalue weighted by molar-refractivity contribution is 7.19. The molecule has 1 aliphatic rings. The molecule has 1 heterocycles. The van der Waals surface area contributed by atoms with Crippen molar-refractivity contribution in [2.45, 2.75) is 24.7 Å². The Balaban J connectivity index is 2.11. The van der Waals surface area contributed by atoms with Gasteiger partial charge in [0.1, 0.15) is 0 Å². The van der Waals surface area contributed by atoms with E-state index in [0.717, 1.165) is 6.54 Å². The molecule has 0 spiro atoms. The Morgan fingerprint density at radius 2 is 2.07 bits per heavy atom. The van der Waals surface area contributed by atoms with E-state index in [1.807, 2.05) is 11.3 Å². The maximum Gasteiger partial charge on any atom is 0.0345 e. The number of rotatable bonds is 2. The molecule has 0 atom stereocenters. The van der Waals surface area contributed by atoms with E-state index < -0.39 is 0 Å². The number of fused-ring (bicyclic) bond motifs is 1. The van der Waals surface area contributed by atoms with Gasteiger partial charge in [-0.1, -0.05) is 24.6 Å². The predicted molar refractivity (Wildman–Crippen MR) is 66.4 cm³/mol. The minimum atomic E-state index is 0.323. The molecule has 0 unspecified atom stereocenters. The van der Waals surface area contributed by atoms with Crippen LogP contribution in [0, 0.1) is 0 Å². The molecule has 2 N–H and O–H groups in total. The fraction of sp³-hybridized carbons (Fsp3) is 0.385. The first kappa shape index (κ1) is 9.37. The van der Waals surface area contributed by atoms with Crippen LogP contribution in [0.3, 0.4) is 0 Å². The van der Waals surface area contributed by atoms with Crippen molar-refractivity contribution in [2.75, 3.05) is 6.54 Å². The molecule has 2 heteroatoms. The zero-order valence-corrected chi connectivity index (χ0v) is 9.52. The Labute approximate surface area is 93.9 Å². The van der Waals surface area contributed by atoms with E-state index in [4.69, 9.17) is 5.73 Å². The summed E-state index contributed by atoms with van der Waals surface area (Å²) in [5, 5.41) is 1.37. The van der Waals surface area contributed by atoms with Gasteiger partial charge in [-0.25, -0.2) is 0 Å². The van der Waals surface area contributed by atoms with Gasteiger partial charge in [0, 0.05) is 21.5 Å². The van der Waals surface area contributed by atoms with Crippen molar-refractivity contribution in [1.29, 1.82) is 0 Å². The van der Waals surface area contributed by atoms with E-state index in [-0.39, 0.29) is 0 Å². The summed E-state index contributed by atoms with van der Waals surface area (Å²) in [7, 11) is 0. The van der Waals surface area contributed by atoms with Crippen LogP contribution >= 0.6 is 11.3 Å². The summed E-state index contributed by atoms with van der Waals surface area (Å²) in [6.45, 7) is 0.805. The Morgan fingerprint density at radius 1 is 1.27 bits per heavy atom. The van der Waals surface area contributed by atoms with Gasteiger partial charge in [-0.2, -0.15) is 0 Å². The topological polar surface area (TPSA) is 26.0 Å². The van der Waals surface area contributed by atoms with Crippen molar-refractivity contribution in [1.82, 2.24) is 0 Å². The van der Waals surface area contributed by atoms with Crippen molar-refractivity contribution in [3.05, 3.63) is 35.2 Å². The van der Waals surface area contributed by atoms with Gasteiger partial charge in [0.2, 0.25) is 0 Å². The van der Waals surface area contributed by atoms with Gasteiger partial charge in [0.15, 0.2) is 0 Å². The van der Waals surface area contributed by atoms with E-state index in [2.05, 4.69) is 30.3 Å². The highest BCUT2D eigenvalue weighted by Gasteiger charge is 2.38. The fourth-order valence-corrected chi connectivity index (χ4v) is 3.72. The first-order chi connectivity index (χ1) is 7.34. The SMILES string of the molecule is NCC1(c2cc3ccccc3s2)CCC1. The van der Waals surface area contributed by atoms with Crippen LogP contribution in [-0.2, 0) is 5.41 Å². The van der Waals surface area contributed by atoms with Crippen LogP contribution in [0.2, 0.25) is 0 Å². The highest BCUT2D eigenvalue weighted by Crippen LogP contribution is 2.46. The summed E-state index contributed by atoms with van der Waals surface area (Å²) in [6.07, 6.45) is 3.89. The van der Waals surface area contributed by atoms with Crippen LogP contribution < -0.4 is 5.73 Å². The molecular weight excluding hydrogens is 202 g/mol. The largest absolute Gasteiger partial charge is 0.330 e. The molecule has 0 aliphatic heterocycles. The van der Waals surface area contributed by atoms with Crippen molar-refractivity contribution >= 4 is 21.4 Å². The number of benzene rings is 1. The Morgan fingerprint density at radius 3 is 2.67 bits per heavy atom. The van der Waals surface area contributed by atoms with Gasteiger partial charge < -0.3 is 5.73 Å². The summed E-state index contributed by atoms with van der Waals surface area (Å²) in [4.78, 5) is 1.50.